The van der Waals surface area contributed by atoms with Crippen LogP contribution in [0.1, 0.15) is 36.8 Å². The van der Waals surface area contributed by atoms with Crippen LogP contribution in [-0.2, 0) is 16.4 Å². The highest BCUT2D eigenvalue weighted by Gasteiger charge is 2.49. The summed E-state index contributed by atoms with van der Waals surface area (Å²) in [6.07, 6.45) is -1.28. The molecule has 18 heavy (non-hydrogen) atoms. The molecular weight excluding hydrogens is 243 g/mol. The van der Waals surface area contributed by atoms with Crippen molar-refractivity contribution in [3.63, 3.8) is 0 Å². The van der Waals surface area contributed by atoms with Gasteiger partial charge >= 0.3 is 6.18 Å². The van der Waals surface area contributed by atoms with Crippen LogP contribution in [0.2, 0.25) is 0 Å². The van der Waals surface area contributed by atoms with Gasteiger partial charge in [0.2, 0.25) is 5.91 Å². The molecule has 0 radical (unpaired) electrons. The van der Waals surface area contributed by atoms with Crippen LogP contribution in [0, 0.1) is 0 Å². The fraction of sp³-hybridized carbons (Fsp3) is 0.462. The number of fused-ring (bicyclic) bond motifs is 2. The van der Waals surface area contributed by atoms with Gasteiger partial charge in [0.25, 0.3) is 0 Å². The minimum atomic E-state index is -4.36. The Bertz CT molecular complexity index is 515. The molecule has 96 valence electrons. The zero-order valence-corrected chi connectivity index (χ0v) is 9.60. The van der Waals surface area contributed by atoms with E-state index in [9.17, 15) is 18.0 Å². The number of amides is 1. The molecule has 0 unspecified atom stereocenters. The first-order valence-electron chi connectivity index (χ1n) is 5.97. The van der Waals surface area contributed by atoms with Crippen molar-refractivity contribution in [1.29, 1.82) is 0 Å². The van der Waals surface area contributed by atoms with E-state index in [1.807, 2.05) is 0 Å². The van der Waals surface area contributed by atoms with Crippen molar-refractivity contribution in [2.45, 2.75) is 37.3 Å². The molecular formula is C13H12F3NO. The van der Waals surface area contributed by atoms with Gasteiger partial charge in [-0.15, -0.1) is 0 Å². The summed E-state index contributed by atoms with van der Waals surface area (Å²) in [7, 11) is 0. The van der Waals surface area contributed by atoms with Crippen molar-refractivity contribution in [2.75, 3.05) is 5.32 Å². The SMILES string of the molecule is O=C1Nc2ccc(C(F)(F)F)cc2C12CCCC2. The maximum atomic E-state index is 12.7. The quantitative estimate of drug-likeness (QED) is 0.755. The average molecular weight is 255 g/mol. The van der Waals surface area contributed by atoms with Crippen molar-refractivity contribution in [3.8, 4) is 0 Å². The number of hydrogen-bond acceptors (Lipinski definition) is 1. The number of halogens is 3. The predicted molar refractivity (Wildman–Crippen MR) is 60.2 cm³/mol. The Labute approximate surface area is 102 Å². The summed E-state index contributed by atoms with van der Waals surface area (Å²) in [5.74, 6) is -0.144. The lowest BCUT2D eigenvalue weighted by atomic mass is 9.79. The number of carbonyl (C=O) groups excluding carboxylic acids is 1. The van der Waals surface area contributed by atoms with E-state index in [1.165, 1.54) is 6.07 Å². The highest BCUT2D eigenvalue weighted by molar-refractivity contribution is 6.06. The monoisotopic (exact) mass is 255 g/mol. The number of anilines is 1. The largest absolute Gasteiger partial charge is 0.416 e. The second-order valence-corrected chi connectivity index (χ2v) is 5.00. The second-order valence-electron chi connectivity index (χ2n) is 5.00. The summed E-state index contributed by atoms with van der Waals surface area (Å²) in [6, 6.07) is 3.52. The lowest BCUT2D eigenvalue weighted by Gasteiger charge is -2.21. The molecule has 0 atom stereocenters. The third-order valence-corrected chi connectivity index (χ3v) is 4.00. The van der Waals surface area contributed by atoms with Crippen molar-refractivity contribution in [1.82, 2.24) is 0 Å². The summed E-state index contributed by atoms with van der Waals surface area (Å²) in [5, 5.41) is 2.70. The first kappa shape index (κ1) is 11.6. The molecule has 5 heteroatoms. The third kappa shape index (κ3) is 1.46. The highest BCUT2D eigenvalue weighted by atomic mass is 19.4. The second kappa shape index (κ2) is 3.49. The third-order valence-electron chi connectivity index (χ3n) is 4.00. The van der Waals surface area contributed by atoms with Crippen molar-refractivity contribution in [3.05, 3.63) is 29.3 Å². The van der Waals surface area contributed by atoms with Gasteiger partial charge in [0, 0.05) is 5.69 Å². The lowest BCUT2D eigenvalue weighted by Crippen LogP contribution is -2.31. The van der Waals surface area contributed by atoms with Crippen molar-refractivity contribution < 1.29 is 18.0 Å². The Morgan fingerprint density at radius 2 is 1.83 bits per heavy atom. The molecule has 1 saturated carbocycles. The molecule has 1 heterocycles. The molecule has 1 amide bonds. The number of rotatable bonds is 0. The van der Waals surface area contributed by atoms with E-state index >= 15 is 0 Å². The first-order chi connectivity index (χ1) is 8.43. The minimum absolute atomic E-state index is 0.144. The van der Waals surface area contributed by atoms with Gasteiger partial charge in [-0.05, 0) is 36.6 Å². The molecule has 2 aliphatic rings. The summed E-state index contributed by atoms with van der Waals surface area (Å²) in [4.78, 5) is 12.0. The van der Waals surface area contributed by atoms with Crippen LogP contribution in [0.15, 0.2) is 18.2 Å². The van der Waals surface area contributed by atoms with Crippen LogP contribution >= 0.6 is 0 Å². The molecule has 3 rings (SSSR count). The van der Waals surface area contributed by atoms with Gasteiger partial charge in [-0.1, -0.05) is 12.8 Å². The molecule has 1 fully saturated rings. The van der Waals surface area contributed by atoms with Crippen LogP contribution in [0.3, 0.4) is 0 Å². The van der Waals surface area contributed by atoms with Crippen molar-refractivity contribution >= 4 is 11.6 Å². The smallest absolute Gasteiger partial charge is 0.325 e. The van der Waals surface area contributed by atoms with Crippen LogP contribution in [-0.4, -0.2) is 5.91 Å². The summed E-state index contributed by atoms with van der Waals surface area (Å²) < 4.78 is 38.2. The van der Waals surface area contributed by atoms with Gasteiger partial charge in [-0.25, -0.2) is 0 Å². The van der Waals surface area contributed by atoms with E-state index in [-0.39, 0.29) is 5.91 Å². The zero-order chi connectivity index (χ0) is 13.0. The molecule has 1 N–H and O–H groups in total. The predicted octanol–water partition coefficient (Wildman–Crippen LogP) is 3.47. The highest BCUT2D eigenvalue weighted by Crippen LogP contribution is 2.49. The Kier molecular flexibility index (Phi) is 2.24. The Morgan fingerprint density at radius 3 is 2.44 bits per heavy atom. The normalized spacial score (nSPS) is 21.2. The van der Waals surface area contributed by atoms with E-state index in [1.54, 1.807) is 0 Å². The fourth-order valence-corrected chi connectivity index (χ4v) is 3.06. The molecule has 2 nitrogen and oxygen atoms in total. The van der Waals surface area contributed by atoms with Crippen molar-refractivity contribution in [2.24, 2.45) is 0 Å². The fourth-order valence-electron chi connectivity index (χ4n) is 3.06. The first-order valence-corrected chi connectivity index (χ1v) is 5.97. The summed E-state index contributed by atoms with van der Waals surface area (Å²) in [6.45, 7) is 0. The van der Waals surface area contributed by atoms with Gasteiger partial charge in [-0.3, -0.25) is 4.79 Å². The van der Waals surface area contributed by atoms with Gasteiger partial charge < -0.3 is 5.32 Å². The Morgan fingerprint density at radius 1 is 1.17 bits per heavy atom. The number of alkyl halides is 3. The van der Waals surface area contributed by atoms with E-state index in [0.717, 1.165) is 25.0 Å². The number of nitrogens with one attached hydrogen (secondary N) is 1. The molecule has 1 spiro atoms. The zero-order valence-electron chi connectivity index (χ0n) is 9.60. The molecule has 0 bridgehead atoms. The summed E-state index contributed by atoms with van der Waals surface area (Å²) in [5.41, 5.74) is -0.324. The standard InChI is InChI=1S/C13H12F3NO/c14-13(15,16)8-3-4-10-9(7-8)12(11(18)17-10)5-1-2-6-12/h3-4,7H,1-2,5-6H2,(H,17,18). The van der Waals surface area contributed by atoms with Gasteiger partial charge in [0.1, 0.15) is 0 Å². The van der Waals surface area contributed by atoms with E-state index in [4.69, 9.17) is 0 Å². The molecule has 1 aliphatic carbocycles. The average Bonchev–Trinajstić information content (AvgIpc) is 2.87. The van der Waals surface area contributed by atoms with Gasteiger partial charge in [0.15, 0.2) is 0 Å². The van der Waals surface area contributed by atoms with Crippen LogP contribution in [0.4, 0.5) is 18.9 Å². The lowest BCUT2D eigenvalue weighted by molar-refractivity contribution is -0.137. The number of carbonyl (C=O) groups is 1. The summed E-state index contributed by atoms with van der Waals surface area (Å²) >= 11 is 0. The molecule has 1 aliphatic heterocycles. The number of benzene rings is 1. The number of hydrogen-bond donors (Lipinski definition) is 1. The van der Waals surface area contributed by atoms with Crippen LogP contribution in [0.5, 0.6) is 0 Å². The molecule has 0 saturated heterocycles. The topological polar surface area (TPSA) is 29.1 Å². The molecule has 1 aromatic carbocycles. The Hall–Kier alpha value is -1.52. The molecule has 1 aromatic rings. The van der Waals surface area contributed by atoms with Crippen LogP contribution < -0.4 is 5.32 Å². The van der Waals surface area contributed by atoms with Gasteiger partial charge in [-0.2, -0.15) is 13.2 Å². The van der Waals surface area contributed by atoms with E-state index < -0.39 is 17.2 Å². The molecule has 0 aromatic heterocycles. The van der Waals surface area contributed by atoms with Crippen LogP contribution in [0.25, 0.3) is 0 Å². The maximum absolute atomic E-state index is 12.7. The van der Waals surface area contributed by atoms with E-state index in [0.29, 0.717) is 24.1 Å². The Balaban J connectivity index is 2.14. The van der Waals surface area contributed by atoms with Gasteiger partial charge in [0.05, 0.1) is 11.0 Å². The van der Waals surface area contributed by atoms with E-state index in [2.05, 4.69) is 5.32 Å². The minimum Gasteiger partial charge on any atom is -0.325 e. The maximum Gasteiger partial charge on any atom is 0.416 e.